The van der Waals surface area contributed by atoms with Crippen molar-refractivity contribution in [2.75, 3.05) is 32.8 Å². The fourth-order valence-electron chi connectivity index (χ4n) is 3.22. The number of fused-ring (bicyclic) bond motifs is 1. The molecule has 25 heavy (non-hydrogen) atoms. The van der Waals surface area contributed by atoms with Gasteiger partial charge in [-0.05, 0) is 37.4 Å². The minimum absolute atomic E-state index is 0.268. The first-order valence-corrected chi connectivity index (χ1v) is 9.79. The molecule has 0 bridgehead atoms. The van der Waals surface area contributed by atoms with Crippen molar-refractivity contribution in [2.45, 2.75) is 45.4 Å². The Balaban J connectivity index is 1.53. The van der Waals surface area contributed by atoms with Gasteiger partial charge in [-0.3, -0.25) is 0 Å². The van der Waals surface area contributed by atoms with Crippen molar-refractivity contribution in [3.63, 3.8) is 0 Å². The van der Waals surface area contributed by atoms with Gasteiger partial charge in [0.1, 0.15) is 5.75 Å². The molecule has 0 fully saturated rings. The van der Waals surface area contributed by atoms with Gasteiger partial charge in [-0.15, -0.1) is 0 Å². The Kier molecular flexibility index (Phi) is 9.38. The Bertz CT molecular complexity index is 594. The number of unbranched alkanes of at least 4 members (excludes halogenated alkanes) is 5. The first kappa shape index (κ1) is 19.7. The lowest BCUT2D eigenvalue weighted by molar-refractivity contribution is 0.199. The second kappa shape index (κ2) is 11.9. The van der Waals surface area contributed by atoms with E-state index in [-0.39, 0.29) is 6.61 Å². The standard InChI is InChI=1S/C22H33NO2/c1-2-23(17-18-24)16-9-5-3-4-6-10-19-25-22-15-11-13-20-12-7-8-14-21(20)22/h7-8,11-15,24H,2-6,9-10,16-19H2,1H3. The molecule has 0 saturated heterocycles. The highest BCUT2D eigenvalue weighted by molar-refractivity contribution is 5.88. The van der Waals surface area contributed by atoms with Crippen LogP contribution in [0.4, 0.5) is 0 Å². The predicted molar refractivity (Wildman–Crippen MR) is 106 cm³/mol. The van der Waals surface area contributed by atoms with Crippen LogP contribution < -0.4 is 4.74 Å². The quantitative estimate of drug-likeness (QED) is 0.527. The largest absolute Gasteiger partial charge is 0.493 e. The van der Waals surface area contributed by atoms with E-state index in [9.17, 15) is 0 Å². The molecule has 0 aliphatic rings. The van der Waals surface area contributed by atoms with Gasteiger partial charge in [0.05, 0.1) is 13.2 Å². The van der Waals surface area contributed by atoms with Gasteiger partial charge in [-0.1, -0.05) is 69.0 Å². The number of ether oxygens (including phenoxy) is 1. The third-order valence-corrected chi connectivity index (χ3v) is 4.74. The van der Waals surface area contributed by atoms with E-state index in [4.69, 9.17) is 9.84 Å². The molecule has 0 unspecified atom stereocenters. The Morgan fingerprint density at radius 1 is 0.840 bits per heavy atom. The van der Waals surface area contributed by atoms with Crippen LogP contribution in [0.2, 0.25) is 0 Å². The van der Waals surface area contributed by atoms with Crippen LogP contribution in [0.3, 0.4) is 0 Å². The molecule has 3 nitrogen and oxygen atoms in total. The molecule has 0 amide bonds. The van der Waals surface area contributed by atoms with E-state index in [1.807, 2.05) is 0 Å². The summed E-state index contributed by atoms with van der Waals surface area (Å²) >= 11 is 0. The third-order valence-electron chi connectivity index (χ3n) is 4.74. The van der Waals surface area contributed by atoms with E-state index in [1.54, 1.807) is 0 Å². The van der Waals surface area contributed by atoms with Crippen LogP contribution in [0.15, 0.2) is 42.5 Å². The van der Waals surface area contributed by atoms with Crippen molar-refractivity contribution in [1.29, 1.82) is 0 Å². The lowest BCUT2D eigenvalue weighted by Gasteiger charge is -2.18. The van der Waals surface area contributed by atoms with Crippen LogP contribution in [0.1, 0.15) is 45.4 Å². The summed E-state index contributed by atoms with van der Waals surface area (Å²) in [6.45, 7) is 6.18. The minimum Gasteiger partial charge on any atom is -0.493 e. The zero-order valence-electron chi connectivity index (χ0n) is 15.6. The van der Waals surface area contributed by atoms with Crippen molar-refractivity contribution in [1.82, 2.24) is 4.90 Å². The Hall–Kier alpha value is -1.58. The van der Waals surface area contributed by atoms with Crippen molar-refractivity contribution < 1.29 is 9.84 Å². The average Bonchev–Trinajstić information content (AvgIpc) is 2.65. The Labute approximate surface area is 152 Å². The van der Waals surface area contributed by atoms with Gasteiger partial charge >= 0.3 is 0 Å². The van der Waals surface area contributed by atoms with Crippen LogP contribution in [-0.2, 0) is 0 Å². The molecule has 138 valence electrons. The maximum atomic E-state index is 8.98. The number of likely N-dealkylation sites (N-methyl/N-ethyl adjacent to an activating group) is 1. The number of aliphatic hydroxyl groups is 1. The second-order valence-corrected chi connectivity index (χ2v) is 6.60. The molecule has 1 N–H and O–H groups in total. The molecule has 0 atom stereocenters. The summed E-state index contributed by atoms with van der Waals surface area (Å²) in [7, 11) is 0. The number of hydrogen-bond acceptors (Lipinski definition) is 3. The molecule has 0 spiro atoms. The molecule has 3 heteroatoms. The maximum absolute atomic E-state index is 8.98. The van der Waals surface area contributed by atoms with Gasteiger partial charge in [-0.2, -0.15) is 0 Å². The topological polar surface area (TPSA) is 32.7 Å². The summed E-state index contributed by atoms with van der Waals surface area (Å²) in [5, 5.41) is 11.4. The highest BCUT2D eigenvalue weighted by atomic mass is 16.5. The maximum Gasteiger partial charge on any atom is 0.127 e. The van der Waals surface area contributed by atoms with Gasteiger partial charge in [0.2, 0.25) is 0 Å². The van der Waals surface area contributed by atoms with Crippen molar-refractivity contribution in [3.05, 3.63) is 42.5 Å². The summed E-state index contributed by atoms with van der Waals surface area (Å²) in [5.74, 6) is 1.00. The Morgan fingerprint density at radius 2 is 1.56 bits per heavy atom. The normalized spacial score (nSPS) is 11.3. The van der Waals surface area contributed by atoms with E-state index in [0.717, 1.165) is 38.4 Å². The molecule has 0 saturated carbocycles. The van der Waals surface area contributed by atoms with E-state index in [1.165, 1.54) is 42.9 Å². The molecular formula is C22H33NO2. The molecular weight excluding hydrogens is 310 g/mol. The fourth-order valence-corrected chi connectivity index (χ4v) is 3.22. The lowest BCUT2D eigenvalue weighted by atomic mass is 10.1. The first-order chi connectivity index (χ1) is 12.3. The fraction of sp³-hybridized carbons (Fsp3) is 0.545. The average molecular weight is 344 g/mol. The zero-order chi connectivity index (χ0) is 17.7. The molecule has 0 heterocycles. The molecule has 2 rings (SSSR count). The summed E-state index contributed by atoms with van der Waals surface area (Å²) in [5.41, 5.74) is 0. The van der Waals surface area contributed by atoms with E-state index in [0.29, 0.717) is 0 Å². The molecule has 0 aromatic heterocycles. The van der Waals surface area contributed by atoms with Crippen LogP contribution in [-0.4, -0.2) is 42.9 Å². The van der Waals surface area contributed by atoms with Gasteiger partial charge in [0.25, 0.3) is 0 Å². The SMILES string of the molecule is CCN(CCO)CCCCCCCCOc1cccc2ccccc12. The van der Waals surface area contributed by atoms with E-state index < -0.39 is 0 Å². The van der Waals surface area contributed by atoms with Crippen molar-refractivity contribution in [3.8, 4) is 5.75 Å². The van der Waals surface area contributed by atoms with Crippen LogP contribution in [0.5, 0.6) is 5.75 Å². The summed E-state index contributed by atoms with van der Waals surface area (Å²) in [6.07, 6.45) is 7.45. The van der Waals surface area contributed by atoms with Gasteiger partial charge in [-0.25, -0.2) is 0 Å². The lowest BCUT2D eigenvalue weighted by Crippen LogP contribution is -2.27. The smallest absolute Gasteiger partial charge is 0.127 e. The van der Waals surface area contributed by atoms with Crippen LogP contribution in [0.25, 0.3) is 10.8 Å². The van der Waals surface area contributed by atoms with E-state index in [2.05, 4.69) is 54.3 Å². The molecule has 2 aromatic carbocycles. The molecule has 0 aliphatic carbocycles. The summed E-state index contributed by atoms with van der Waals surface area (Å²) in [6, 6.07) is 14.6. The number of aliphatic hydroxyl groups excluding tert-OH is 1. The van der Waals surface area contributed by atoms with Crippen molar-refractivity contribution in [2.24, 2.45) is 0 Å². The predicted octanol–water partition coefficient (Wildman–Crippen LogP) is 4.87. The second-order valence-electron chi connectivity index (χ2n) is 6.60. The number of hydrogen-bond donors (Lipinski definition) is 1. The van der Waals surface area contributed by atoms with Gasteiger partial charge in [0, 0.05) is 11.9 Å². The summed E-state index contributed by atoms with van der Waals surface area (Å²) in [4.78, 5) is 2.32. The highest BCUT2D eigenvalue weighted by Crippen LogP contribution is 2.25. The highest BCUT2D eigenvalue weighted by Gasteiger charge is 2.02. The summed E-state index contributed by atoms with van der Waals surface area (Å²) < 4.78 is 5.99. The molecule has 2 aromatic rings. The van der Waals surface area contributed by atoms with Crippen molar-refractivity contribution >= 4 is 10.8 Å². The molecule has 0 radical (unpaired) electrons. The number of benzene rings is 2. The third kappa shape index (κ3) is 7.05. The van der Waals surface area contributed by atoms with Crippen LogP contribution >= 0.6 is 0 Å². The molecule has 0 aliphatic heterocycles. The number of nitrogens with zero attached hydrogens (tertiary/aromatic N) is 1. The first-order valence-electron chi connectivity index (χ1n) is 9.79. The van der Waals surface area contributed by atoms with Gasteiger partial charge < -0.3 is 14.7 Å². The minimum atomic E-state index is 0.268. The van der Waals surface area contributed by atoms with E-state index >= 15 is 0 Å². The zero-order valence-corrected chi connectivity index (χ0v) is 15.6. The van der Waals surface area contributed by atoms with Gasteiger partial charge in [0.15, 0.2) is 0 Å². The monoisotopic (exact) mass is 343 g/mol. The number of rotatable bonds is 13. The Morgan fingerprint density at radius 3 is 2.36 bits per heavy atom. The van der Waals surface area contributed by atoms with Crippen LogP contribution in [0, 0.1) is 0 Å².